The van der Waals surface area contributed by atoms with Crippen LogP contribution in [0, 0.1) is 0 Å². The highest BCUT2D eigenvalue weighted by atomic mass is 16.1. The minimum atomic E-state index is 0.574. The van der Waals surface area contributed by atoms with Gasteiger partial charge in [-0.15, -0.1) is 0 Å². The normalized spacial score (nSPS) is 8.88. The van der Waals surface area contributed by atoms with E-state index in [0.717, 1.165) is 25.7 Å². The summed E-state index contributed by atoms with van der Waals surface area (Å²) in [5, 5.41) is 0. The van der Waals surface area contributed by atoms with Gasteiger partial charge in [-0.05, 0) is 43.9 Å². The van der Waals surface area contributed by atoms with E-state index in [2.05, 4.69) is 30.8 Å². The molecule has 0 unspecified atom stereocenters. The van der Waals surface area contributed by atoms with Gasteiger partial charge in [0.05, 0.1) is 0 Å². The van der Waals surface area contributed by atoms with Gasteiger partial charge in [-0.2, -0.15) is 0 Å². The van der Waals surface area contributed by atoms with Crippen LogP contribution in [0.2, 0.25) is 0 Å². The highest BCUT2D eigenvalue weighted by molar-refractivity contribution is 5.70. The molecule has 0 fully saturated rings. The summed E-state index contributed by atoms with van der Waals surface area (Å²) in [5.74, 6) is 0. The first-order chi connectivity index (χ1) is 7.70. The molecule has 0 aromatic heterocycles. The molecule has 0 bridgehead atoms. The molecule has 0 amide bonds. The zero-order valence-corrected chi connectivity index (χ0v) is 9.99. The Morgan fingerprint density at radius 3 is 2.31 bits per heavy atom. The fraction of sp³-hybridized carbons (Fsp3) is 0.357. The number of allylic oxidation sites excluding steroid dienone is 1. The van der Waals surface area contributed by atoms with Crippen molar-refractivity contribution >= 4 is 6.29 Å². The molecule has 16 heavy (non-hydrogen) atoms. The van der Waals surface area contributed by atoms with Crippen LogP contribution in [-0.2, 0) is 11.2 Å². The third-order valence-electron chi connectivity index (χ3n) is 1.96. The van der Waals surface area contributed by atoms with Crippen LogP contribution in [-0.4, -0.2) is 12.8 Å². The highest BCUT2D eigenvalue weighted by Gasteiger charge is 1.89. The first-order valence-corrected chi connectivity index (χ1v) is 5.55. The fourth-order valence-corrected chi connectivity index (χ4v) is 1.12. The van der Waals surface area contributed by atoms with Crippen LogP contribution in [0.15, 0.2) is 42.5 Å². The van der Waals surface area contributed by atoms with Crippen molar-refractivity contribution in [2.45, 2.75) is 26.2 Å². The quantitative estimate of drug-likeness (QED) is 0.470. The molecule has 1 rings (SSSR count). The molecule has 0 aliphatic rings. The van der Waals surface area contributed by atoms with Crippen molar-refractivity contribution in [2.75, 3.05) is 6.54 Å². The van der Waals surface area contributed by atoms with Gasteiger partial charge in [-0.3, -0.25) is 4.79 Å². The Bertz CT molecular complexity index is 293. The molecule has 0 saturated heterocycles. The van der Waals surface area contributed by atoms with Crippen LogP contribution in [0.5, 0.6) is 0 Å². The third kappa shape index (κ3) is 9.16. The molecule has 2 heteroatoms. The van der Waals surface area contributed by atoms with Crippen molar-refractivity contribution in [2.24, 2.45) is 5.73 Å². The van der Waals surface area contributed by atoms with E-state index in [1.54, 1.807) is 6.92 Å². The van der Waals surface area contributed by atoms with Gasteiger partial charge in [0.25, 0.3) is 0 Å². The summed E-state index contributed by atoms with van der Waals surface area (Å²) >= 11 is 0. The van der Waals surface area contributed by atoms with Crippen molar-refractivity contribution < 1.29 is 4.79 Å². The number of carbonyl (C=O) groups is 1. The maximum absolute atomic E-state index is 9.41. The van der Waals surface area contributed by atoms with E-state index in [1.807, 2.05) is 6.07 Å². The van der Waals surface area contributed by atoms with Gasteiger partial charge in [-0.1, -0.05) is 36.9 Å². The smallest absolute Gasteiger partial charge is 0.145 e. The van der Waals surface area contributed by atoms with Gasteiger partial charge in [0, 0.05) is 0 Å². The number of benzene rings is 1. The maximum Gasteiger partial charge on any atom is 0.145 e. The average molecular weight is 219 g/mol. The summed E-state index contributed by atoms with van der Waals surface area (Å²) < 4.78 is 0. The Labute approximate surface area is 98.2 Å². The Morgan fingerprint density at radius 2 is 1.88 bits per heavy atom. The summed E-state index contributed by atoms with van der Waals surface area (Å²) in [5.41, 5.74) is 7.38. The SMILES string of the molecule is C=C(C)C=O.NCCCCc1ccccc1. The lowest BCUT2D eigenvalue weighted by atomic mass is 10.1. The molecule has 0 aliphatic heterocycles. The van der Waals surface area contributed by atoms with E-state index in [0.29, 0.717) is 5.57 Å². The molecule has 0 heterocycles. The number of hydrogen-bond acceptors (Lipinski definition) is 2. The molecular formula is C14H21NO. The second kappa shape index (κ2) is 10.1. The summed E-state index contributed by atoms with van der Waals surface area (Å²) in [7, 11) is 0. The number of aldehydes is 1. The standard InChI is InChI=1S/C10H15N.C4H6O/c11-9-5-4-8-10-6-2-1-3-7-10;1-4(2)3-5/h1-3,6-7H,4-5,8-9,11H2;3H,1H2,2H3. The zero-order valence-electron chi connectivity index (χ0n) is 9.99. The molecule has 1 aromatic carbocycles. The first-order valence-electron chi connectivity index (χ1n) is 5.55. The molecule has 0 saturated carbocycles. The number of rotatable bonds is 5. The lowest BCUT2D eigenvalue weighted by Crippen LogP contribution is -1.98. The number of hydrogen-bond donors (Lipinski definition) is 1. The van der Waals surface area contributed by atoms with Crippen LogP contribution in [0.25, 0.3) is 0 Å². The second-order valence-electron chi connectivity index (χ2n) is 3.70. The molecule has 88 valence electrons. The lowest BCUT2D eigenvalue weighted by Gasteiger charge is -1.98. The molecule has 0 atom stereocenters. The van der Waals surface area contributed by atoms with Crippen LogP contribution in [0.4, 0.5) is 0 Å². The van der Waals surface area contributed by atoms with E-state index in [9.17, 15) is 4.79 Å². The highest BCUT2D eigenvalue weighted by Crippen LogP contribution is 2.03. The Hall–Kier alpha value is -1.41. The molecular weight excluding hydrogens is 198 g/mol. The van der Waals surface area contributed by atoms with E-state index in [-0.39, 0.29) is 0 Å². The van der Waals surface area contributed by atoms with Gasteiger partial charge >= 0.3 is 0 Å². The largest absolute Gasteiger partial charge is 0.330 e. The lowest BCUT2D eigenvalue weighted by molar-refractivity contribution is -0.104. The van der Waals surface area contributed by atoms with Crippen molar-refractivity contribution in [1.29, 1.82) is 0 Å². The summed E-state index contributed by atoms with van der Waals surface area (Å²) in [6, 6.07) is 10.5. The molecule has 2 N–H and O–H groups in total. The predicted octanol–water partition coefficient (Wildman–Crippen LogP) is 2.73. The average Bonchev–Trinajstić information content (AvgIpc) is 2.31. The van der Waals surface area contributed by atoms with Gasteiger partial charge in [0.1, 0.15) is 6.29 Å². The first kappa shape index (κ1) is 14.6. The second-order valence-corrected chi connectivity index (χ2v) is 3.70. The number of carbonyl (C=O) groups excluding carboxylic acids is 1. The summed E-state index contributed by atoms with van der Waals surface area (Å²) in [6.07, 6.45) is 4.23. The third-order valence-corrected chi connectivity index (χ3v) is 1.96. The van der Waals surface area contributed by atoms with Gasteiger partial charge in [0.2, 0.25) is 0 Å². The Balaban J connectivity index is 0.000000385. The van der Waals surface area contributed by atoms with Crippen molar-refractivity contribution in [1.82, 2.24) is 0 Å². The van der Waals surface area contributed by atoms with Crippen LogP contribution < -0.4 is 5.73 Å². The molecule has 2 nitrogen and oxygen atoms in total. The van der Waals surface area contributed by atoms with E-state index >= 15 is 0 Å². The maximum atomic E-state index is 9.41. The Kier molecular flexibility index (Phi) is 9.23. The minimum absolute atomic E-state index is 0.574. The molecule has 0 spiro atoms. The predicted molar refractivity (Wildman–Crippen MR) is 69.3 cm³/mol. The molecule has 0 radical (unpaired) electrons. The number of unbranched alkanes of at least 4 members (excludes halogenated alkanes) is 1. The van der Waals surface area contributed by atoms with Crippen LogP contribution >= 0.6 is 0 Å². The zero-order chi connectivity index (χ0) is 12.2. The van der Waals surface area contributed by atoms with Gasteiger partial charge < -0.3 is 5.73 Å². The van der Waals surface area contributed by atoms with Gasteiger partial charge in [0.15, 0.2) is 0 Å². The van der Waals surface area contributed by atoms with Crippen molar-refractivity contribution in [3.05, 3.63) is 48.0 Å². The topological polar surface area (TPSA) is 43.1 Å². The monoisotopic (exact) mass is 219 g/mol. The number of nitrogens with two attached hydrogens (primary N) is 1. The Morgan fingerprint density at radius 1 is 1.31 bits per heavy atom. The summed E-state index contributed by atoms with van der Waals surface area (Å²) in [6.45, 7) is 5.78. The van der Waals surface area contributed by atoms with Crippen molar-refractivity contribution in [3.63, 3.8) is 0 Å². The molecule has 0 aliphatic carbocycles. The van der Waals surface area contributed by atoms with Crippen LogP contribution in [0.3, 0.4) is 0 Å². The molecule has 1 aromatic rings. The van der Waals surface area contributed by atoms with E-state index < -0.39 is 0 Å². The van der Waals surface area contributed by atoms with Crippen molar-refractivity contribution in [3.8, 4) is 0 Å². The van der Waals surface area contributed by atoms with E-state index in [4.69, 9.17) is 5.73 Å². The minimum Gasteiger partial charge on any atom is -0.330 e. The fourth-order valence-electron chi connectivity index (χ4n) is 1.12. The summed E-state index contributed by atoms with van der Waals surface area (Å²) in [4.78, 5) is 9.41. The van der Waals surface area contributed by atoms with E-state index in [1.165, 1.54) is 12.0 Å². The van der Waals surface area contributed by atoms with Gasteiger partial charge in [-0.25, -0.2) is 0 Å². The number of aryl methyl sites for hydroxylation is 1. The van der Waals surface area contributed by atoms with Crippen LogP contribution in [0.1, 0.15) is 25.3 Å².